The van der Waals surface area contributed by atoms with Gasteiger partial charge in [0.25, 0.3) is 0 Å². The molecule has 0 aromatic rings. The van der Waals surface area contributed by atoms with Gasteiger partial charge in [-0.2, -0.15) is 0 Å². The molecule has 2 rings (SSSR count). The number of hydrogen-bond acceptors (Lipinski definition) is 2. The van der Waals surface area contributed by atoms with E-state index in [1.807, 2.05) is 0 Å². The van der Waals surface area contributed by atoms with Gasteiger partial charge in [0.2, 0.25) is 0 Å². The smallest absolute Gasteiger partial charge is 0.0474 e. The van der Waals surface area contributed by atoms with E-state index in [-0.39, 0.29) is 0 Å². The van der Waals surface area contributed by atoms with Crippen molar-refractivity contribution in [2.24, 2.45) is 11.8 Å². The van der Waals surface area contributed by atoms with E-state index in [9.17, 15) is 0 Å². The molecule has 0 aromatic carbocycles. The zero-order valence-corrected chi connectivity index (χ0v) is 8.59. The van der Waals surface area contributed by atoms with Crippen LogP contribution in [0.5, 0.6) is 0 Å². The molecular weight excluding hydrogens is 162 g/mol. The highest BCUT2D eigenvalue weighted by molar-refractivity contribution is 4.93. The lowest BCUT2D eigenvalue weighted by molar-refractivity contribution is 0.191. The van der Waals surface area contributed by atoms with Crippen LogP contribution in [0.25, 0.3) is 0 Å². The summed E-state index contributed by atoms with van der Waals surface area (Å²) < 4.78 is 5.03. The highest BCUT2D eigenvalue weighted by Gasteiger charge is 2.38. The summed E-state index contributed by atoms with van der Waals surface area (Å²) in [4.78, 5) is 0. The molecule has 0 aromatic heterocycles. The standard InChI is InChI=1S/C11H21NO/c1-13-6-2-5-12-11-8-9-3-4-10(11)7-9/h9-12H,2-8H2,1H3/t9-,10+,11+/m1/s1. The van der Waals surface area contributed by atoms with Crippen LogP contribution in [0.3, 0.4) is 0 Å². The van der Waals surface area contributed by atoms with Crippen molar-refractivity contribution in [2.75, 3.05) is 20.3 Å². The predicted octanol–water partition coefficient (Wildman–Crippen LogP) is 1.80. The van der Waals surface area contributed by atoms with Gasteiger partial charge in [-0.15, -0.1) is 0 Å². The van der Waals surface area contributed by atoms with Crippen LogP contribution >= 0.6 is 0 Å². The van der Waals surface area contributed by atoms with Gasteiger partial charge in [0.05, 0.1) is 0 Å². The SMILES string of the molecule is COCCCN[C@H]1C[C@@H]2CC[C@H]1C2. The molecule has 76 valence electrons. The first-order chi connectivity index (χ1) is 6.40. The molecule has 0 heterocycles. The first-order valence-electron chi connectivity index (χ1n) is 5.62. The molecule has 2 fully saturated rings. The van der Waals surface area contributed by atoms with Gasteiger partial charge in [0.15, 0.2) is 0 Å². The third-order valence-electron chi connectivity index (χ3n) is 3.67. The highest BCUT2D eigenvalue weighted by atomic mass is 16.5. The van der Waals surface area contributed by atoms with Gasteiger partial charge in [-0.25, -0.2) is 0 Å². The molecule has 2 aliphatic rings. The summed E-state index contributed by atoms with van der Waals surface area (Å²) in [5, 5.41) is 3.67. The largest absolute Gasteiger partial charge is 0.385 e. The lowest BCUT2D eigenvalue weighted by Gasteiger charge is -2.22. The second kappa shape index (κ2) is 4.43. The van der Waals surface area contributed by atoms with Gasteiger partial charge in [0, 0.05) is 19.8 Å². The predicted molar refractivity (Wildman–Crippen MR) is 53.7 cm³/mol. The topological polar surface area (TPSA) is 21.3 Å². The van der Waals surface area contributed by atoms with E-state index in [1.165, 1.54) is 25.7 Å². The number of rotatable bonds is 5. The molecule has 3 atom stereocenters. The summed E-state index contributed by atoms with van der Waals surface area (Å²) in [7, 11) is 1.78. The molecule has 0 spiro atoms. The number of hydrogen-bond donors (Lipinski definition) is 1. The summed E-state index contributed by atoms with van der Waals surface area (Å²) in [6.45, 7) is 2.04. The van der Waals surface area contributed by atoms with Gasteiger partial charge in [-0.1, -0.05) is 6.42 Å². The second-order valence-electron chi connectivity index (χ2n) is 4.58. The van der Waals surface area contributed by atoms with Crippen molar-refractivity contribution in [1.29, 1.82) is 0 Å². The first kappa shape index (κ1) is 9.47. The fourth-order valence-corrected chi connectivity index (χ4v) is 3.00. The molecule has 2 heteroatoms. The molecule has 2 bridgehead atoms. The van der Waals surface area contributed by atoms with Crippen LogP contribution in [0.4, 0.5) is 0 Å². The number of methoxy groups -OCH3 is 1. The van der Waals surface area contributed by atoms with Crippen molar-refractivity contribution in [3.63, 3.8) is 0 Å². The van der Waals surface area contributed by atoms with E-state index < -0.39 is 0 Å². The lowest BCUT2D eigenvalue weighted by Crippen LogP contribution is -2.34. The Morgan fingerprint density at radius 3 is 2.85 bits per heavy atom. The van der Waals surface area contributed by atoms with Crippen LogP contribution in [0.15, 0.2) is 0 Å². The van der Waals surface area contributed by atoms with Gasteiger partial charge in [-0.3, -0.25) is 0 Å². The summed E-state index contributed by atoms with van der Waals surface area (Å²) in [6, 6.07) is 0.843. The van der Waals surface area contributed by atoms with Crippen LogP contribution in [0.1, 0.15) is 32.1 Å². The molecule has 2 aliphatic carbocycles. The van der Waals surface area contributed by atoms with Crippen molar-refractivity contribution in [2.45, 2.75) is 38.1 Å². The molecule has 0 unspecified atom stereocenters. The Labute approximate surface area is 81.0 Å². The molecule has 2 saturated carbocycles. The van der Waals surface area contributed by atoms with Crippen LogP contribution in [0, 0.1) is 11.8 Å². The van der Waals surface area contributed by atoms with Gasteiger partial charge >= 0.3 is 0 Å². The fourth-order valence-electron chi connectivity index (χ4n) is 3.00. The Balaban J connectivity index is 1.60. The molecule has 0 saturated heterocycles. The molecule has 0 amide bonds. The van der Waals surface area contributed by atoms with Crippen LogP contribution in [-0.2, 0) is 4.74 Å². The minimum atomic E-state index is 0.843. The zero-order chi connectivity index (χ0) is 9.10. The number of fused-ring (bicyclic) bond motifs is 2. The average Bonchev–Trinajstić information content (AvgIpc) is 2.73. The Morgan fingerprint density at radius 2 is 2.23 bits per heavy atom. The van der Waals surface area contributed by atoms with Crippen molar-refractivity contribution in [3.05, 3.63) is 0 Å². The fraction of sp³-hybridized carbons (Fsp3) is 1.00. The Kier molecular flexibility index (Phi) is 3.23. The van der Waals surface area contributed by atoms with Crippen molar-refractivity contribution < 1.29 is 4.74 Å². The minimum Gasteiger partial charge on any atom is -0.385 e. The molecule has 1 N–H and O–H groups in total. The van der Waals surface area contributed by atoms with Crippen molar-refractivity contribution >= 4 is 0 Å². The molecule has 2 nitrogen and oxygen atoms in total. The first-order valence-corrected chi connectivity index (χ1v) is 5.62. The maximum Gasteiger partial charge on any atom is 0.0474 e. The monoisotopic (exact) mass is 183 g/mol. The third-order valence-corrected chi connectivity index (χ3v) is 3.67. The minimum absolute atomic E-state index is 0.843. The summed E-state index contributed by atoms with van der Waals surface area (Å²) >= 11 is 0. The molecular formula is C11H21NO. The summed E-state index contributed by atoms with van der Waals surface area (Å²) in [5.74, 6) is 2.07. The molecule has 13 heavy (non-hydrogen) atoms. The highest BCUT2D eigenvalue weighted by Crippen LogP contribution is 2.44. The Hall–Kier alpha value is -0.0800. The van der Waals surface area contributed by atoms with E-state index in [4.69, 9.17) is 4.74 Å². The van der Waals surface area contributed by atoms with E-state index in [1.54, 1.807) is 7.11 Å². The van der Waals surface area contributed by atoms with E-state index in [0.717, 1.165) is 37.5 Å². The van der Waals surface area contributed by atoms with E-state index in [2.05, 4.69) is 5.32 Å². The normalized spacial score (nSPS) is 37.2. The quantitative estimate of drug-likeness (QED) is 0.656. The van der Waals surface area contributed by atoms with Crippen molar-refractivity contribution in [3.8, 4) is 0 Å². The molecule has 0 aliphatic heterocycles. The zero-order valence-electron chi connectivity index (χ0n) is 8.59. The second-order valence-corrected chi connectivity index (χ2v) is 4.58. The number of nitrogens with one attached hydrogen (secondary N) is 1. The van der Waals surface area contributed by atoms with E-state index >= 15 is 0 Å². The van der Waals surface area contributed by atoms with Gasteiger partial charge in [0.1, 0.15) is 0 Å². The lowest BCUT2D eigenvalue weighted by atomic mass is 9.95. The summed E-state index contributed by atoms with van der Waals surface area (Å²) in [5.41, 5.74) is 0. The van der Waals surface area contributed by atoms with Crippen molar-refractivity contribution in [1.82, 2.24) is 5.32 Å². The Bertz CT molecular complexity index is 160. The summed E-state index contributed by atoms with van der Waals surface area (Å²) in [6.07, 6.45) is 7.08. The van der Waals surface area contributed by atoms with Gasteiger partial charge < -0.3 is 10.1 Å². The maximum atomic E-state index is 5.03. The third kappa shape index (κ3) is 2.23. The van der Waals surface area contributed by atoms with E-state index in [0.29, 0.717) is 0 Å². The maximum absolute atomic E-state index is 5.03. The van der Waals surface area contributed by atoms with Gasteiger partial charge in [-0.05, 0) is 44.1 Å². The van der Waals surface area contributed by atoms with Crippen LogP contribution in [-0.4, -0.2) is 26.3 Å². The Morgan fingerprint density at radius 1 is 1.31 bits per heavy atom. The van der Waals surface area contributed by atoms with Crippen LogP contribution < -0.4 is 5.32 Å². The van der Waals surface area contributed by atoms with Crippen LogP contribution in [0.2, 0.25) is 0 Å². The number of ether oxygens (including phenoxy) is 1. The average molecular weight is 183 g/mol. The molecule has 0 radical (unpaired) electrons.